The minimum absolute atomic E-state index is 0.132. The lowest BCUT2D eigenvalue weighted by Gasteiger charge is -2.24. The van der Waals surface area contributed by atoms with E-state index in [4.69, 9.17) is 4.74 Å². The second-order valence-corrected chi connectivity index (χ2v) is 8.70. The molecule has 0 aliphatic rings. The lowest BCUT2D eigenvalue weighted by molar-refractivity contribution is -0.119. The standard InChI is InChI=1S/C23H22F2N2O4S/c1-31-20-10-8-19(9-11-20)27(32(29,30)22-12-7-18(24)15-21(22)25)16-23(28)26-14-13-17-5-3-2-4-6-17/h2-12,15H,13-14,16H2,1H3,(H,26,28). The number of carbonyl (C=O) groups excluding carboxylic acids is 1. The third-order valence-electron chi connectivity index (χ3n) is 4.69. The summed E-state index contributed by atoms with van der Waals surface area (Å²) in [5, 5.41) is 2.68. The number of amides is 1. The van der Waals surface area contributed by atoms with Gasteiger partial charge in [-0.1, -0.05) is 30.3 Å². The van der Waals surface area contributed by atoms with Crippen LogP contribution < -0.4 is 14.4 Å². The molecule has 0 spiro atoms. The minimum atomic E-state index is -4.50. The zero-order chi connectivity index (χ0) is 23.1. The average Bonchev–Trinajstić information content (AvgIpc) is 2.78. The van der Waals surface area contributed by atoms with Crippen LogP contribution in [-0.4, -0.2) is 34.5 Å². The summed E-state index contributed by atoms with van der Waals surface area (Å²) in [5.41, 5.74) is 1.15. The Kier molecular flexibility index (Phi) is 7.42. The van der Waals surface area contributed by atoms with Crippen LogP contribution >= 0.6 is 0 Å². The molecule has 0 bridgehead atoms. The van der Waals surface area contributed by atoms with E-state index in [0.717, 1.165) is 22.0 Å². The summed E-state index contributed by atoms with van der Waals surface area (Å²) in [6.45, 7) is -0.287. The van der Waals surface area contributed by atoms with E-state index >= 15 is 0 Å². The molecule has 0 fully saturated rings. The molecule has 6 nitrogen and oxygen atoms in total. The molecule has 9 heteroatoms. The summed E-state index contributed by atoms with van der Waals surface area (Å²) in [6.07, 6.45) is 0.564. The highest BCUT2D eigenvalue weighted by molar-refractivity contribution is 7.92. The van der Waals surface area contributed by atoms with E-state index in [9.17, 15) is 22.0 Å². The maximum Gasteiger partial charge on any atom is 0.267 e. The smallest absolute Gasteiger partial charge is 0.267 e. The van der Waals surface area contributed by atoms with Crippen LogP contribution in [0.4, 0.5) is 14.5 Å². The fourth-order valence-electron chi connectivity index (χ4n) is 3.04. The van der Waals surface area contributed by atoms with Crippen molar-refractivity contribution in [1.29, 1.82) is 0 Å². The highest BCUT2D eigenvalue weighted by Crippen LogP contribution is 2.27. The van der Waals surface area contributed by atoms with Crippen molar-refractivity contribution >= 4 is 21.6 Å². The van der Waals surface area contributed by atoms with Crippen molar-refractivity contribution in [3.63, 3.8) is 0 Å². The van der Waals surface area contributed by atoms with E-state index in [-0.39, 0.29) is 5.69 Å². The number of hydrogen-bond donors (Lipinski definition) is 1. The van der Waals surface area contributed by atoms with Gasteiger partial charge >= 0.3 is 0 Å². The first-order chi connectivity index (χ1) is 15.3. The third-order valence-corrected chi connectivity index (χ3v) is 6.50. The minimum Gasteiger partial charge on any atom is -0.497 e. The van der Waals surface area contributed by atoms with Crippen LogP contribution in [0.1, 0.15) is 5.56 Å². The topological polar surface area (TPSA) is 75.7 Å². The van der Waals surface area contributed by atoms with Crippen LogP contribution in [0.25, 0.3) is 0 Å². The van der Waals surface area contributed by atoms with Crippen molar-refractivity contribution in [2.75, 3.05) is 24.5 Å². The second-order valence-electron chi connectivity index (χ2n) is 6.87. The van der Waals surface area contributed by atoms with E-state index in [0.29, 0.717) is 24.8 Å². The summed E-state index contributed by atoms with van der Waals surface area (Å²) in [4.78, 5) is 11.8. The molecule has 1 N–H and O–H groups in total. The zero-order valence-corrected chi connectivity index (χ0v) is 18.1. The molecule has 3 aromatic rings. The first-order valence-electron chi connectivity index (χ1n) is 9.74. The molecule has 0 aromatic heterocycles. The van der Waals surface area contributed by atoms with Crippen molar-refractivity contribution in [2.45, 2.75) is 11.3 Å². The number of anilines is 1. The SMILES string of the molecule is COc1ccc(N(CC(=O)NCCc2ccccc2)S(=O)(=O)c2ccc(F)cc2F)cc1. The molecule has 0 saturated carbocycles. The number of nitrogens with one attached hydrogen (secondary N) is 1. The maximum atomic E-state index is 14.3. The van der Waals surface area contributed by atoms with Gasteiger partial charge in [-0.2, -0.15) is 0 Å². The van der Waals surface area contributed by atoms with Gasteiger partial charge in [-0.3, -0.25) is 9.10 Å². The van der Waals surface area contributed by atoms with Crippen LogP contribution in [0.15, 0.2) is 77.7 Å². The number of rotatable bonds is 9. The number of nitrogens with zero attached hydrogens (tertiary/aromatic N) is 1. The van der Waals surface area contributed by atoms with Gasteiger partial charge in [0.25, 0.3) is 10.0 Å². The van der Waals surface area contributed by atoms with Gasteiger partial charge in [0.05, 0.1) is 12.8 Å². The summed E-state index contributed by atoms with van der Waals surface area (Å²) < 4.78 is 59.9. The van der Waals surface area contributed by atoms with Crippen LogP contribution in [0.3, 0.4) is 0 Å². The Bertz CT molecular complexity index is 1170. The van der Waals surface area contributed by atoms with E-state index in [1.807, 2.05) is 30.3 Å². The number of hydrogen-bond acceptors (Lipinski definition) is 4. The fraction of sp³-hybridized carbons (Fsp3) is 0.174. The Balaban J connectivity index is 1.84. The number of sulfonamides is 1. The van der Waals surface area contributed by atoms with Gasteiger partial charge in [-0.15, -0.1) is 0 Å². The Morgan fingerprint density at radius 1 is 1.00 bits per heavy atom. The van der Waals surface area contributed by atoms with Gasteiger partial charge in [-0.25, -0.2) is 17.2 Å². The van der Waals surface area contributed by atoms with Crippen LogP contribution in [0.5, 0.6) is 5.75 Å². The first-order valence-corrected chi connectivity index (χ1v) is 11.2. The molecular formula is C23H22F2N2O4S. The van der Waals surface area contributed by atoms with Crippen molar-refractivity contribution in [1.82, 2.24) is 5.32 Å². The Morgan fingerprint density at radius 2 is 1.69 bits per heavy atom. The van der Waals surface area contributed by atoms with Crippen LogP contribution in [0.2, 0.25) is 0 Å². The first kappa shape index (κ1) is 23.2. The molecule has 0 unspecified atom stereocenters. The summed E-state index contributed by atoms with van der Waals surface area (Å²) in [5.74, 6) is -2.24. The maximum absolute atomic E-state index is 14.3. The number of ether oxygens (including phenoxy) is 1. The predicted octanol–water partition coefficient (Wildman–Crippen LogP) is 3.53. The van der Waals surface area contributed by atoms with E-state index in [2.05, 4.69) is 5.32 Å². The molecule has 0 heterocycles. The molecule has 1 amide bonds. The van der Waals surface area contributed by atoms with Crippen molar-refractivity contribution in [2.24, 2.45) is 0 Å². The molecule has 0 radical (unpaired) electrons. The molecule has 0 aliphatic carbocycles. The number of methoxy groups -OCH3 is 1. The monoisotopic (exact) mass is 460 g/mol. The lowest BCUT2D eigenvalue weighted by Crippen LogP contribution is -2.41. The molecule has 3 rings (SSSR count). The summed E-state index contributed by atoms with van der Waals surface area (Å²) >= 11 is 0. The van der Waals surface area contributed by atoms with Crippen LogP contribution in [-0.2, 0) is 21.2 Å². The van der Waals surface area contributed by atoms with Gasteiger partial charge in [-0.05, 0) is 48.4 Å². The number of benzene rings is 3. The molecule has 0 atom stereocenters. The van der Waals surface area contributed by atoms with E-state index in [1.165, 1.54) is 31.4 Å². The van der Waals surface area contributed by atoms with Crippen molar-refractivity contribution < 1.29 is 26.7 Å². The summed E-state index contributed by atoms with van der Waals surface area (Å²) in [7, 11) is -3.05. The quantitative estimate of drug-likeness (QED) is 0.530. The second kappa shape index (κ2) is 10.2. The Labute approximate surface area is 185 Å². The molecule has 168 valence electrons. The van der Waals surface area contributed by atoms with Gasteiger partial charge in [0.2, 0.25) is 5.91 Å². The average molecular weight is 461 g/mol. The normalized spacial score (nSPS) is 11.1. The fourth-order valence-corrected chi connectivity index (χ4v) is 4.51. The van der Waals surface area contributed by atoms with E-state index < -0.39 is 39.0 Å². The van der Waals surface area contributed by atoms with Gasteiger partial charge in [0.1, 0.15) is 28.8 Å². The highest BCUT2D eigenvalue weighted by atomic mass is 32.2. The van der Waals surface area contributed by atoms with Gasteiger partial charge in [0.15, 0.2) is 0 Å². The predicted molar refractivity (Wildman–Crippen MR) is 117 cm³/mol. The largest absolute Gasteiger partial charge is 0.497 e. The Hall–Kier alpha value is -3.46. The number of carbonyl (C=O) groups is 1. The molecular weight excluding hydrogens is 438 g/mol. The lowest BCUT2D eigenvalue weighted by atomic mass is 10.1. The van der Waals surface area contributed by atoms with Gasteiger partial charge in [0, 0.05) is 12.6 Å². The van der Waals surface area contributed by atoms with Crippen molar-refractivity contribution in [3.05, 3.63) is 90.0 Å². The van der Waals surface area contributed by atoms with Gasteiger partial charge < -0.3 is 10.1 Å². The third kappa shape index (κ3) is 5.61. The Morgan fingerprint density at radius 3 is 2.31 bits per heavy atom. The van der Waals surface area contributed by atoms with E-state index in [1.54, 1.807) is 0 Å². The molecule has 3 aromatic carbocycles. The number of halogens is 2. The zero-order valence-electron chi connectivity index (χ0n) is 17.3. The summed E-state index contributed by atoms with van der Waals surface area (Å²) in [6, 6.07) is 17.6. The molecule has 32 heavy (non-hydrogen) atoms. The highest BCUT2D eigenvalue weighted by Gasteiger charge is 2.30. The molecule has 0 aliphatic heterocycles. The van der Waals surface area contributed by atoms with Crippen molar-refractivity contribution in [3.8, 4) is 5.75 Å². The molecule has 0 saturated heterocycles. The van der Waals surface area contributed by atoms with Crippen LogP contribution in [0, 0.1) is 11.6 Å².